The van der Waals surface area contributed by atoms with Gasteiger partial charge >= 0.3 is 0 Å². The molecule has 4 rings (SSSR count). The van der Waals surface area contributed by atoms with E-state index in [1.807, 2.05) is 0 Å². The molecule has 0 aromatic heterocycles. The minimum Gasteiger partial charge on any atom is -0.162 e. The van der Waals surface area contributed by atoms with Crippen LogP contribution in [0.1, 0.15) is 107 Å². The van der Waals surface area contributed by atoms with Gasteiger partial charge in [-0.1, -0.05) is 44.0 Å². The van der Waals surface area contributed by atoms with Crippen molar-refractivity contribution in [1.29, 1.82) is 0 Å². The highest BCUT2D eigenvalue weighted by Crippen LogP contribution is 2.44. The van der Waals surface area contributed by atoms with Gasteiger partial charge in [0.05, 0.1) is 0 Å². The zero-order valence-electron chi connectivity index (χ0n) is 17.7. The van der Waals surface area contributed by atoms with Gasteiger partial charge in [0.25, 0.3) is 0 Å². The van der Waals surface area contributed by atoms with Crippen molar-refractivity contribution in [1.82, 2.24) is 0 Å². The molecular weight excluding hydrogens is 344 g/mol. The third-order valence-electron chi connectivity index (χ3n) is 8.39. The molecule has 0 aliphatic heterocycles. The van der Waals surface area contributed by atoms with Crippen molar-refractivity contribution >= 4 is 11.8 Å². The zero-order valence-corrected chi connectivity index (χ0v) is 18.5. The molecule has 3 aliphatic carbocycles. The molecule has 0 N–H and O–H groups in total. The van der Waals surface area contributed by atoms with Gasteiger partial charge in [-0.2, -0.15) is 11.8 Å². The van der Waals surface area contributed by atoms with E-state index in [9.17, 15) is 0 Å². The fraction of sp³-hybridized carbons (Fsp3) is 0.769. The van der Waals surface area contributed by atoms with Gasteiger partial charge in [0.15, 0.2) is 0 Å². The van der Waals surface area contributed by atoms with Gasteiger partial charge in [-0.15, -0.1) is 0 Å². The molecule has 0 nitrogen and oxygen atoms in total. The molecular formula is C26H40S. The SMILES string of the molecule is CSC1CCC(C2CCC(c3ccc(C4CCC(C)CC4)cc3)CC2)CC1. The van der Waals surface area contributed by atoms with Crippen LogP contribution in [0.15, 0.2) is 24.3 Å². The predicted octanol–water partition coefficient (Wildman–Crippen LogP) is 8.18. The van der Waals surface area contributed by atoms with E-state index in [1.165, 1.54) is 77.0 Å². The lowest BCUT2D eigenvalue weighted by Gasteiger charge is -2.37. The van der Waals surface area contributed by atoms with Crippen LogP contribution in [0, 0.1) is 17.8 Å². The van der Waals surface area contributed by atoms with Crippen LogP contribution >= 0.6 is 11.8 Å². The normalized spacial score (nSPS) is 37.9. The molecule has 0 unspecified atom stereocenters. The first-order valence-corrected chi connectivity index (χ1v) is 13.1. The molecule has 3 aliphatic rings. The largest absolute Gasteiger partial charge is 0.162 e. The van der Waals surface area contributed by atoms with Crippen LogP contribution in [-0.4, -0.2) is 11.5 Å². The van der Waals surface area contributed by atoms with Gasteiger partial charge in [-0.05, 0) is 111 Å². The summed E-state index contributed by atoms with van der Waals surface area (Å²) in [6, 6.07) is 9.93. The van der Waals surface area contributed by atoms with Gasteiger partial charge in [0.2, 0.25) is 0 Å². The molecule has 27 heavy (non-hydrogen) atoms. The quantitative estimate of drug-likeness (QED) is 0.504. The van der Waals surface area contributed by atoms with E-state index in [0.717, 1.165) is 34.8 Å². The smallest absolute Gasteiger partial charge is 0.00444 e. The molecule has 1 heteroatoms. The molecule has 1 aromatic rings. The predicted molar refractivity (Wildman–Crippen MR) is 121 cm³/mol. The Bertz CT molecular complexity index is 552. The molecule has 1 aromatic carbocycles. The van der Waals surface area contributed by atoms with Gasteiger partial charge in [0, 0.05) is 5.25 Å². The summed E-state index contributed by atoms with van der Waals surface area (Å²) in [4.78, 5) is 0. The summed E-state index contributed by atoms with van der Waals surface area (Å²) in [6.07, 6.45) is 19.8. The van der Waals surface area contributed by atoms with E-state index < -0.39 is 0 Å². The lowest BCUT2D eigenvalue weighted by molar-refractivity contribution is 0.188. The molecule has 0 saturated heterocycles. The number of hydrogen-bond donors (Lipinski definition) is 0. The summed E-state index contributed by atoms with van der Waals surface area (Å²) in [6.45, 7) is 2.42. The minimum absolute atomic E-state index is 0.836. The summed E-state index contributed by atoms with van der Waals surface area (Å²) in [5.74, 6) is 4.70. The van der Waals surface area contributed by atoms with Gasteiger partial charge in [0.1, 0.15) is 0 Å². The first-order chi connectivity index (χ1) is 13.2. The maximum atomic E-state index is 2.49. The van der Waals surface area contributed by atoms with Crippen molar-refractivity contribution < 1.29 is 0 Å². The van der Waals surface area contributed by atoms with E-state index in [1.54, 1.807) is 11.1 Å². The summed E-state index contributed by atoms with van der Waals surface area (Å²) >= 11 is 2.10. The molecule has 0 radical (unpaired) electrons. The third kappa shape index (κ3) is 4.95. The van der Waals surface area contributed by atoms with E-state index in [0.29, 0.717) is 0 Å². The van der Waals surface area contributed by atoms with Crippen molar-refractivity contribution in [3.8, 4) is 0 Å². The topological polar surface area (TPSA) is 0 Å². The van der Waals surface area contributed by atoms with Crippen LogP contribution in [0.2, 0.25) is 0 Å². The van der Waals surface area contributed by atoms with Gasteiger partial charge in [-0.3, -0.25) is 0 Å². The maximum Gasteiger partial charge on any atom is 0.00444 e. The molecule has 0 spiro atoms. The summed E-state index contributed by atoms with van der Waals surface area (Å²) in [7, 11) is 0. The Labute approximate surface area is 172 Å². The molecule has 0 bridgehead atoms. The second kappa shape index (κ2) is 9.38. The maximum absolute atomic E-state index is 2.49. The lowest BCUT2D eigenvalue weighted by Crippen LogP contribution is -2.26. The zero-order chi connectivity index (χ0) is 18.6. The Hall–Kier alpha value is -0.430. The first-order valence-electron chi connectivity index (χ1n) is 11.9. The average molecular weight is 385 g/mol. The van der Waals surface area contributed by atoms with E-state index in [2.05, 4.69) is 49.2 Å². The van der Waals surface area contributed by atoms with Crippen LogP contribution in [0.5, 0.6) is 0 Å². The van der Waals surface area contributed by atoms with Crippen molar-refractivity contribution in [2.75, 3.05) is 6.26 Å². The van der Waals surface area contributed by atoms with Crippen LogP contribution < -0.4 is 0 Å². The monoisotopic (exact) mass is 384 g/mol. The third-order valence-corrected chi connectivity index (χ3v) is 9.52. The molecule has 0 heterocycles. The Balaban J connectivity index is 1.27. The molecule has 150 valence electrons. The highest BCUT2D eigenvalue weighted by molar-refractivity contribution is 7.99. The van der Waals surface area contributed by atoms with Crippen molar-refractivity contribution in [3.63, 3.8) is 0 Å². The highest BCUT2D eigenvalue weighted by atomic mass is 32.2. The fourth-order valence-corrected chi connectivity index (χ4v) is 7.10. The highest BCUT2D eigenvalue weighted by Gasteiger charge is 2.31. The first kappa shape index (κ1) is 19.9. The van der Waals surface area contributed by atoms with Gasteiger partial charge in [-0.25, -0.2) is 0 Å². The number of hydrogen-bond acceptors (Lipinski definition) is 1. The van der Waals surface area contributed by atoms with Crippen molar-refractivity contribution in [3.05, 3.63) is 35.4 Å². The Morgan fingerprint density at radius 2 is 1.00 bits per heavy atom. The van der Waals surface area contributed by atoms with Gasteiger partial charge < -0.3 is 0 Å². The number of thioether (sulfide) groups is 1. The minimum atomic E-state index is 0.836. The second-order valence-corrected chi connectivity index (χ2v) is 11.1. The fourth-order valence-electron chi connectivity index (χ4n) is 6.35. The van der Waals surface area contributed by atoms with Crippen molar-refractivity contribution in [2.24, 2.45) is 17.8 Å². The van der Waals surface area contributed by atoms with Crippen LogP contribution in [0.25, 0.3) is 0 Å². The summed E-state index contributed by atoms with van der Waals surface area (Å²) in [5, 5.41) is 0.962. The van der Waals surface area contributed by atoms with Crippen LogP contribution in [0.4, 0.5) is 0 Å². The Morgan fingerprint density at radius 3 is 1.44 bits per heavy atom. The Morgan fingerprint density at radius 1 is 0.593 bits per heavy atom. The van der Waals surface area contributed by atoms with E-state index >= 15 is 0 Å². The summed E-state index contributed by atoms with van der Waals surface area (Å²) < 4.78 is 0. The molecule has 3 saturated carbocycles. The molecule has 0 amide bonds. The van der Waals surface area contributed by atoms with E-state index in [4.69, 9.17) is 0 Å². The van der Waals surface area contributed by atoms with Crippen LogP contribution in [0.3, 0.4) is 0 Å². The van der Waals surface area contributed by atoms with Crippen LogP contribution in [-0.2, 0) is 0 Å². The standard InChI is InChI=1S/C26H40S/c1-19-3-5-20(6-4-19)21-7-9-22(10-8-21)23-11-13-24(14-12-23)25-15-17-26(27-2)18-16-25/h7-10,19-20,23-26H,3-6,11-18H2,1-2H3. The number of rotatable bonds is 4. The lowest BCUT2D eigenvalue weighted by atomic mass is 9.69. The van der Waals surface area contributed by atoms with E-state index in [-0.39, 0.29) is 0 Å². The second-order valence-electron chi connectivity index (χ2n) is 10.0. The Kier molecular flexibility index (Phi) is 6.90. The van der Waals surface area contributed by atoms with Crippen molar-refractivity contribution in [2.45, 2.75) is 101 Å². The molecule has 0 atom stereocenters. The average Bonchev–Trinajstić information content (AvgIpc) is 2.75. The molecule has 3 fully saturated rings. The summed E-state index contributed by atoms with van der Waals surface area (Å²) in [5.41, 5.74) is 3.25. The number of benzene rings is 1.